The van der Waals surface area contributed by atoms with Crippen molar-refractivity contribution in [3.63, 3.8) is 0 Å². The number of nitrogens with zero attached hydrogens (tertiary/aromatic N) is 2. The van der Waals surface area contributed by atoms with Crippen molar-refractivity contribution in [1.82, 2.24) is 4.90 Å². The molecule has 4 nitrogen and oxygen atoms in total. The number of anilines is 1. The molecule has 76 valence electrons. The predicted molar refractivity (Wildman–Crippen MR) is 53.5 cm³/mol. The Bertz CT molecular complexity index is 484. The van der Waals surface area contributed by atoms with Gasteiger partial charge in [0.2, 0.25) is 0 Å². The van der Waals surface area contributed by atoms with E-state index in [4.69, 9.17) is 0 Å². The van der Waals surface area contributed by atoms with E-state index in [9.17, 15) is 9.18 Å². The number of hydrogen-bond donors (Lipinski definition) is 1. The lowest BCUT2D eigenvalue weighted by atomic mass is 10.1. The number of urea groups is 1. The van der Waals surface area contributed by atoms with E-state index in [1.165, 1.54) is 17.0 Å². The van der Waals surface area contributed by atoms with Crippen LogP contribution in [0.1, 0.15) is 5.56 Å². The number of carbonyl (C=O) groups excluding carboxylic acids is 1. The van der Waals surface area contributed by atoms with Crippen LogP contribution in [0.15, 0.2) is 23.2 Å². The van der Waals surface area contributed by atoms with Crippen LogP contribution < -0.4 is 5.32 Å². The van der Waals surface area contributed by atoms with Gasteiger partial charge < -0.3 is 5.32 Å². The normalized spacial score (nSPS) is 18.1. The van der Waals surface area contributed by atoms with Gasteiger partial charge in [0.25, 0.3) is 0 Å². The zero-order valence-corrected chi connectivity index (χ0v) is 7.83. The van der Waals surface area contributed by atoms with Crippen molar-refractivity contribution in [3.05, 3.63) is 29.6 Å². The molecule has 1 aromatic carbocycles. The summed E-state index contributed by atoms with van der Waals surface area (Å²) in [6.07, 6.45) is 0. The van der Waals surface area contributed by atoms with E-state index in [0.717, 1.165) is 0 Å². The number of amidine groups is 1. The third-order valence-electron chi connectivity index (χ3n) is 2.55. The van der Waals surface area contributed by atoms with E-state index in [0.29, 0.717) is 30.2 Å². The second-order valence-corrected chi connectivity index (χ2v) is 3.48. The minimum atomic E-state index is -0.320. The van der Waals surface area contributed by atoms with Gasteiger partial charge in [-0.1, -0.05) is 0 Å². The lowest BCUT2D eigenvalue weighted by molar-refractivity contribution is 0.235. The van der Waals surface area contributed by atoms with Crippen LogP contribution in [0.5, 0.6) is 0 Å². The number of nitrogens with one attached hydrogen (secondary N) is 1. The third kappa shape index (κ3) is 1.12. The highest BCUT2D eigenvalue weighted by Gasteiger charge is 2.31. The molecule has 3 rings (SSSR count). The Morgan fingerprint density at radius 2 is 2.33 bits per heavy atom. The molecule has 0 radical (unpaired) electrons. The van der Waals surface area contributed by atoms with Crippen LogP contribution in [0, 0.1) is 5.82 Å². The van der Waals surface area contributed by atoms with E-state index in [-0.39, 0.29) is 11.8 Å². The molecule has 0 fully saturated rings. The molecule has 2 heterocycles. The lowest BCUT2D eigenvalue weighted by Gasteiger charge is -2.26. The molecule has 5 heteroatoms. The first kappa shape index (κ1) is 8.40. The summed E-state index contributed by atoms with van der Waals surface area (Å²) in [6.45, 7) is 1.15. The highest BCUT2D eigenvalue weighted by molar-refractivity contribution is 6.18. The molecule has 2 aliphatic rings. The maximum Gasteiger partial charge on any atom is 0.327 e. The topological polar surface area (TPSA) is 44.7 Å². The molecule has 0 spiro atoms. The Morgan fingerprint density at radius 1 is 1.47 bits per heavy atom. The number of halogens is 1. The molecular weight excluding hydrogens is 197 g/mol. The molecule has 0 atom stereocenters. The highest BCUT2D eigenvalue weighted by atomic mass is 19.1. The third-order valence-corrected chi connectivity index (χ3v) is 2.55. The van der Waals surface area contributed by atoms with Crippen LogP contribution in [0.25, 0.3) is 0 Å². The summed E-state index contributed by atoms with van der Waals surface area (Å²) in [5.41, 5.74) is 1.28. The second kappa shape index (κ2) is 2.79. The molecule has 2 aliphatic heterocycles. The molecule has 15 heavy (non-hydrogen) atoms. The Labute approximate surface area is 85.4 Å². The Hall–Kier alpha value is -1.91. The van der Waals surface area contributed by atoms with Gasteiger partial charge in [-0.25, -0.2) is 9.18 Å². The minimum absolute atomic E-state index is 0.189. The highest BCUT2D eigenvalue weighted by Crippen LogP contribution is 2.26. The predicted octanol–water partition coefficient (Wildman–Crippen LogP) is 1.43. The largest absolute Gasteiger partial charge is 0.327 e. The molecule has 1 N–H and O–H groups in total. The van der Waals surface area contributed by atoms with Gasteiger partial charge in [-0.05, 0) is 18.2 Å². The molecule has 2 amide bonds. The second-order valence-electron chi connectivity index (χ2n) is 3.48. The van der Waals surface area contributed by atoms with Crippen molar-refractivity contribution in [2.75, 3.05) is 18.4 Å². The molecule has 0 saturated heterocycles. The van der Waals surface area contributed by atoms with Crippen LogP contribution in [0.2, 0.25) is 0 Å². The zero-order valence-electron chi connectivity index (χ0n) is 7.83. The van der Waals surface area contributed by atoms with Crippen molar-refractivity contribution in [2.45, 2.75) is 0 Å². The quantitative estimate of drug-likeness (QED) is 0.684. The molecular formula is C10H8FN3O. The van der Waals surface area contributed by atoms with E-state index >= 15 is 0 Å². The number of hydrogen-bond acceptors (Lipinski definition) is 2. The Balaban J connectivity index is 2.20. The van der Waals surface area contributed by atoms with Gasteiger partial charge >= 0.3 is 6.03 Å². The Morgan fingerprint density at radius 3 is 3.20 bits per heavy atom. The number of carbonyl (C=O) groups is 1. The maximum atomic E-state index is 13.1. The van der Waals surface area contributed by atoms with E-state index in [2.05, 4.69) is 10.3 Å². The zero-order chi connectivity index (χ0) is 10.4. The smallest absolute Gasteiger partial charge is 0.307 e. The molecule has 0 saturated carbocycles. The van der Waals surface area contributed by atoms with Crippen molar-refractivity contribution >= 4 is 17.6 Å². The van der Waals surface area contributed by atoms with Gasteiger partial charge in [0.15, 0.2) is 0 Å². The fourth-order valence-electron chi connectivity index (χ4n) is 1.87. The van der Waals surface area contributed by atoms with Gasteiger partial charge in [-0.2, -0.15) is 0 Å². The van der Waals surface area contributed by atoms with Crippen LogP contribution >= 0.6 is 0 Å². The van der Waals surface area contributed by atoms with E-state index < -0.39 is 0 Å². The monoisotopic (exact) mass is 205 g/mol. The van der Waals surface area contributed by atoms with Gasteiger partial charge in [-0.3, -0.25) is 9.89 Å². The summed E-state index contributed by atoms with van der Waals surface area (Å²) in [5, 5.41) is 2.70. The molecule has 0 bridgehead atoms. The molecule has 0 aromatic heterocycles. The number of rotatable bonds is 0. The van der Waals surface area contributed by atoms with Crippen LogP contribution in [0.3, 0.4) is 0 Å². The van der Waals surface area contributed by atoms with Gasteiger partial charge in [-0.15, -0.1) is 0 Å². The standard InChI is InChI=1S/C10H8FN3O/c11-6-1-2-8-7(5-6)9-12-3-4-14(9)10(15)13-8/h1-2,5H,3-4H2,(H,13,15). The van der Waals surface area contributed by atoms with Gasteiger partial charge in [0.1, 0.15) is 11.7 Å². The van der Waals surface area contributed by atoms with Crippen LogP contribution in [0.4, 0.5) is 14.9 Å². The number of amides is 2. The lowest BCUT2D eigenvalue weighted by Crippen LogP contribution is -2.42. The van der Waals surface area contributed by atoms with E-state index in [1.54, 1.807) is 6.07 Å². The summed E-state index contributed by atoms with van der Waals surface area (Å²) < 4.78 is 13.1. The number of fused-ring (bicyclic) bond motifs is 3. The molecule has 0 aliphatic carbocycles. The van der Waals surface area contributed by atoms with Crippen LogP contribution in [-0.4, -0.2) is 29.9 Å². The van der Waals surface area contributed by atoms with Crippen LogP contribution in [-0.2, 0) is 0 Å². The first-order valence-corrected chi connectivity index (χ1v) is 4.68. The average molecular weight is 205 g/mol. The summed E-state index contributed by atoms with van der Waals surface area (Å²) in [6, 6.07) is 4.09. The first-order chi connectivity index (χ1) is 7.25. The molecule has 1 aromatic rings. The van der Waals surface area contributed by atoms with Crippen molar-refractivity contribution < 1.29 is 9.18 Å². The SMILES string of the molecule is O=C1Nc2ccc(F)cc2C2=NCCN12. The summed E-state index contributed by atoms with van der Waals surface area (Å²) in [7, 11) is 0. The molecule has 0 unspecified atom stereocenters. The fourth-order valence-corrected chi connectivity index (χ4v) is 1.87. The van der Waals surface area contributed by atoms with Gasteiger partial charge in [0.05, 0.1) is 12.2 Å². The number of benzene rings is 1. The summed E-state index contributed by atoms with van der Waals surface area (Å²) >= 11 is 0. The van der Waals surface area contributed by atoms with Gasteiger partial charge in [0, 0.05) is 12.1 Å². The van der Waals surface area contributed by atoms with Crippen molar-refractivity contribution in [3.8, 4) is 0 Å². The van der Waals surface area contributed by atoms with Crippen molar-refractivity contribution in [2.24, 2.45) is 4.99 Å². The first-order valence-electron chi connectivity index (χ1n) is 4.68. The minimum Gasteiger partial charge on any atom is -0.307 e. The Kier molecular flexibility index (Phi) is 1.56. The number of aliphatic imine (C=N–C) groups is 1. The fraction of sp³-hybridized carbons (Fsp3) is 0.200. The maximum absolute atomic E-state index is 13.1. The average Bonchev–Trinajstić information content (AvgIpc) is 2.69. The van der Waals surface area contributed by atoms with E-state index in [1.807, 2.05) is 0 Å². The summed E-state index contributed by atoms with van der Waals surface area (Å²) in [4.78, 5) is 17.3. The summed E-state index contributed by atoms with van der Waals surface area (Å²) in [5.74, 6) is 0.257. The van der Waals surface area contributed by atoms with Crippen molar-refractivity contribution in [1.29, 1.82) is 0 Å².